The number of terminal acetylenes is 1. The first-order chi connectivity index (χ1) is 10.0. The summed E-state index contributed by atoms with van der Waals surface area (Å²) in [5, 5.41) is 1.99. The Hall–Kier alpha value is -2.31. The molecule has 0 aromatic heterocycles. The van der Waals surface area contributed by atoms with Gasteiger partial charge in [0.05, 0.1) is 0 Å². The molecule has 0 radical (unpaired) electrons. The molecule has 0 aliphatic rings. The highest BCUT2D eigenvalue weighted by atomic mass is 16.6. The Labute approximate surface area is 124 Å². The fraction of sp³-hybridized carbons (Fsp3) is 0.278. The van der Waals surface area contributed by atoms with Gasteiger partial charge in [0.25, 0.3) is 0 Å². The van der Waals surface area contributed by atoms with Crippen molar-refractivity contribution in [3.63, 3.8) is 0 Å². The molecule has 0 N–H and O–H groups in total. The van der Waals surface area contributed by atoms with Crippen molar-refractivity contribution in [1.29, 1.82) is 0 Å². The number of hydrogen-bond acceptors (Lipinski definition) is 3. The number of rotatable bonds is 4. The van der Waals surface area contributed by atoms with Gasteiger partial charge in [-0.1, -0.05) is 48.4 Å². The lowest BCUT2D eigenvalue weighted by molar-refractivity contribution is -0.170. The first-order valence-electron chi connectivity index (χ1n) is 6.73. The topological polar surface area (TPSA) is 35.5 Å². The summed E-state index contributed by atoms with van der Waals surface area (Å²) in [6, 6.07) is 13.6. The second kappa shape index (κ2) is 5.99. The van der Waals surface area contributed by atoms with Crippen molar-refractivity contribution in [2.75, 3.05) is 7.11 Å². The van der Waals surface area contributed by atoms with Gasteiger partial charge in [0.1, 0.15) is 0 Å². The van der Waals surface area contributed by atoms with Crippen LogP contribution in [0, 0.1) is 12.3 Å². The number of benzene rings is 2. The zero-order valence-electron chi connectivity index (χ0n) is 12.4. The van der Waals surface area contributed by atoms with Gasteiger partial charge in [-0.3, -0.25) is 0 Å². The fourth-order valence-corrected chi connectivity index (χ4v) is 2.25. The van der Waals surface area contributed by atoms with Crippen molar-refractivity contribution in [3.8, 4) is 12.3 Å². The molecule has 0 bridgehead atoms. The molecule has 108 valence electrons. The monoisotopic (exact) mass is 282 g/mol. The number of fused-ring (bicyclic) bond motifs is 1. The molecule has 21 heavy (non-hydrogen) atoms. The standard InChI is InChI=1S/C18H18O3/c1-5-13(2)21-17(19)18(3,20-4)16-12-8-10-14-9-6-7-11-15(14)16/h1,6-13H,2-4H3/t13-,18-/m0/s1. The Kier molecular flexibility index (Phi) is 4.30. The maximum atomic E-state index is 12.5. The second-order valence-electron chi connectivity index (χ2n) is 4.98. The third-order valence-corrected chi connectivity index (χ3v) is 3.62. The zero-order chi connectivity index (χ0) is 15.5. The molecule has 2 aromatic rings. The highest BCUT2D eigenvalue weighted by molar-refractivity contribution is 5.92. The first-order valence-corrected chi connectivity index (χ1v) is 6.73. The van der Waals surface area contributed by atoms with E-state index in [-0.39, 0.29) is 0 Å². The van der Waals surface area contributed by atoms with Crippen LogP contribution >= 0.6 is 0 Å². The lowest BCUT2D eigenvalue weighted by Crippen LogP contribution is -2.38. The molecule has 0 saturated carbocycles. The summed E-state index contributed by atoms with van der Waals surface area (Å²) in [5.74, 6) is 1.89. The van der Waals surface area contributed by atoms with Crippen LogP contribution in [0.5, 0.6) is 0 Å². The normalized spacial score (nSPS) is 15.0. The number of esters is 1. The summed E-state index contributed by atoms with van der Waals surface area (Å²) in [6.45, 7) is 3.34. The van der Waals surface area contributed by atoms with E-state index in [0.29, 0.717) is 0 Å². The molecule has 3 heteroatoms. The lowest BCUT2D eigenvalue weighted by Gasteiger charge is -2.28. The van der Waals surface area contributed by atoms with E-state index in [1.807, 2.05) is 42.5 Å². The minimum Gasteiger partial charge on any atom is -0.447 e. The van der Waals surface area contributed by atoms with Gasteiger partial charge in [0, 0.05) is 12.7 Å². The van der Waals surface area contributed by atoms with Crippen LogP contribution in [0.25, 0.3) is 10.8 Å². The predicted octanol–water partition coefficient (Wildman–Crippen LogP) is 3.27. The van der Waals surface area contributed by atoms with Gasteiger partial charge in [0.2, 0.25) is 0 Å². The molecule has 3 nitrogen and oxygen atoms in total. The first kappa shape index (κ1) is 15.1. The van der Waals surface area contributed by atoms with Crippen molar-refractivity contribution in [1.82, 2.24) is 0 Å². The van der Waals surface area contributed by atoms with E-state index < -0.39 is 17.7 Å². The molecular weight excluding hydrogens is 264 g/mol. The van der Waals surface area contributed by atoms with E-state index >= 15 is 0 Å². The highest BCUT2D eigenvalue weighted by Crippen LogP contribution is 2.32. The predicted molar refractivity (Wildman–Crippen MR) is 82.7 cm³/mol. The third-order valence-electron chi connectivity index (χ3n) is 3.62. The fourth-order valence-electron chi connectivity index (χ4n) is 2.25. The van der Waals surface area contributed by atoms with Gasteiger partial charge in [-0.05, 0) is 24.6 Å². The van der Waals surface area contributed by atoms with Gasteiger partial charge < -0.3 is 9.47 Å². The van der Waals surface area contributed by atoms with E-state index in [4.69, 9.17) is 15.9 Å². The van der Waals surface area contributed by atoms with Crippen LogP contribution in [0.3, 0.4) is 0 Å². The van der Waals surface area contributed by atoms with Gasteiger partial charge in [0.15, 0.2) is 11.7 Å². The average molecular weight is 282 g/mol. The quantitative estimate of drug-likeness (QED) is 0.638. The minimum absolute atomic E-state index is 0.494. The molecule has 0 spiro atoms. The van der Waals surface area contributed by atoms with E-state index in [1.165, 1.54) is 7.11 Å². The zero-order valence-corrected chi connectivity index (χ0v) is 12.4. The number of hydrogen-bond donors (Lipinski definition) is 0. The van der Waals surface area contributed by atoms with Gasteiger partial charge in [-0.15, -0.1) is 6.42 Å². The van der Waals surface area contributed by atoms with Gasteiger partial charge >= 0.3 is 5.97 Å². The summed E-state index contributed by atoms with van der Waals surface area (Å²) in [6.07, 6.45) is 4.67. The maximum absolute atomic E-state index is 12.5. The van der Waals surface area contributed by atoms with E-state index in [0.717, 1.165) is 16.3 Å². The van der Waals surface area contributed by atoms with Gasteiger partial charge in [-0.25, -0.2) is 4.79 Å². The van der Waals surface area contributed by atoms with Crippen molar-refractivity contribution >= 4 is 16.7 Å². The smallest absolute Gasteiger partial charge is 0.344 e. The van der Waals surface area contributed by atoms with E-state index in [2.05, 4.69) is 5.92 Å². The van der Waals surface area contributed by atoms with Crippen LogP contribution in [-0.4, -0.2) is 19.2 Å². The molecule has 0 aliphatic heterocycles. The van der Waals surface area contributed by atoms with Crippen LogP contribution in [0.1, 0.15) is 19.4 Å². The summed E-state index contributed by atoms with van der Waals surface area (Å²) in [4.78, 5) is 12.5. The van der Waals surface area contributed by atoms with Crippen LogP contribution in [0.2, 0.25) is 0 Å². The number of carbonyl (C=O) groups is 1. The Morgan fingerprint density at radius 1 is 1.24 bits per heavy atom. The Morgan fingerprint density at radius 3 is 2.57 bits per heavy atom. The van der Waals surface area contributed by atoms with Crippen LogP contribution in [-0.2, 0) is 19.9 Å². The van der Waals surface area contributed by atoms with Crippen molar-refractivity contribution in [2.24, 2.45) is 0 Å². The van der Waals surface area contributed by atoms with Crippen molar-refractivity contribution in [2.45, 2.75) is 25.6 Å². The molecule has 0 unspecified atom stereocenters. The largest absolute Gasteiger partial charge is 0.447 e. The molecule has 0 heterocycles. The maximum Gasteiger partial charge on any atom is 0.344 e. The van der Waals surface area contributed by atoms with Crippen LogP contribution < -0.4 is 0 Å². The number of methoxy groups -OCH3 is 1. The number of ether oxygens (including phenoxy) is 2. The van der Waals surface area contributed by atoms with Crippen molar-refractivity contribution in [3.05, 3.63) is 48.0 Å². The average Bonchev–Trinajstić information content (AvgIpc) is 2.53. The Balaban J connectivity index is 2.53. The van der Waals surface area contributed by atoms with E-state index in [1.54, 1.807) is 13.8 Å². The summed E-state index contributed by atoms with van der Waals surface area (Å²) >= 11 is 0. The van der Waals surface area contributed by atoms with Crippen LogP contribution in [0.15, 0.2) is 42.5 Å². The summed E-state index contributed by atoms with van der Waals surface area (Å²) in [5.41, 5.74) is -0.441. The summed E-state index contributed by atoms with van der Waals surface area (Å²) < 4.78 is 10.8. The highest BCUT2D eigenvalue weighted by Gasteiger charge is 2.39. The molecule has 2 rings (SSSR count). The summed E-state index contributed by atoms with van der Waals surface area (Å²) in [7, 11) is 1.49. The lowest BCUT2D eigenvalue weighted by atomic mass is 9.90. The third kappa shape index (κ3) is 2.76. The molecule has 0 fully saturated rings. The molecule has 0 saturated heterocycles. The molecule has 2 atom stereocenters. The Bertz CT molecular complexity index is 694. The Morgan fingerprint density at radius 2 is 1.90 bits per heavy atom. The van der Waals surface area contributed by atoms with Gasteiger partial charge in [-0.2, -0.15) is 0 Å². The van der Waals surface area contributed by atoms with E-state index in [9.17, 15) is 4.79 Å². The minimum atomic E-state index is -1.20. The molecule has 2 aromatic carbocycles. The SMILES string of the molecule is C#C[C@H](C)OC(=O)[C@@](C)(OC)c1cccc2ccccc12. The number of carbonyl (C=O) groups excluding carboxylic acids is 1. The molecule has 0 amide bonds. The van der Waals surface area contributed by atoms with Crippen LogP contribution in [0.4, 0.5) is 0 Å². The van der Waals surface area contributed by atoms with Crippen molar-refractivity contribution < 1.29 is 14.3 Å². The molecular formula is C18H18O3. The molecule has 0 aliphatic carbocycles. The second-order valence-corrected chi connectivity index (χ2v) is 4.98.